The van der Waals surface area contributed by atoms with Crippen LogP contribution in [-0.4, -0.2) is 39.2 Å². The highest BCUT2D eigenvalue weighted by atomic mass is 16.5. The van der Waals surface area contributed by atoms with Gasteiger partial charge in [0, 0.05) is 6.20 Å². The third-order valence-corrected chi connectivity index (χ3v) is 4.65. The number of ether oxygens (including phenoxy) is 3. The molecule has 0 unspecified atom stereocenters. The number of hydrogen-bond donors (Lipinski definition) is 1. The van der Waals surface area contributed by atoms with Crippen LogP contribution in [0, 0.1) is 0 Å². The van der Waals surface area contributed by atoms with Crippen LogP contribution in [0.2, 0.25) is 0 Å². The highest BCUT2D eigenvalue weighted by Crippen LogP contribution is 2.31. The van der Waals surface area contributed by atoms with Gasteiger partial charge in [-0.05, 0) is 36.4 Å². The predicted octanol–water partition coefficient (Wildman–Crippen LogP) is 3.44. The van der Waals surface area contributed by atoms with Crippen molar-refractivity contribution in [1.29, 1.82) is 0 Å². The average molecular weight is 434 g/mol. The standard InChI is InChI=1S/C24H22N2O6/c1-30-20-14-7-5-12-18(20)25-22(27)16-10-4-6-13-19(16)26-15-9-8-11-17(23(28)31-2)21(26)24(29)32-3/h4-15H,1-3H3,(H,25,27). The molecule has 3 rings (SSSR count). The van der Waals surface area contributed by atoms with Crippen molar-refractivity contribution in [3.63, 3.8) is 0 Å². The van der Waals surface area contributed by atoms with Gasteiger partial charge in [-0.15, -0.1) is 0 Å². The summed E-state index contributed by atoms with van der Waals surface area (Å²) < 4.78 is 15.0. The molecule has 1 heterocycles. The molecule has 0 radical (unpaired) electrons. The van der Waals surface area contributed by atoms with E-state index in [9.17, 15) is 14.4 Å². The van der Waals surface area contributed by atoms with E-state index in [1.165, 1.54) is 32.3 Å². The molecular formula is C24H22N2O6. The first kappa shape index (κ1) is 22.4. The van der Waals surface area contributed by atoms with Gasteiger partial charge in [-0.3, -0.25) is 4.79 Å². The van der Waals surface area contributed by atoms with Crippen molar-refractivity contribution < 1.29 is 28.6 Å². The molecule has 2 aromatic carbocycles. The number of carbonyl (C=O) groups is 3. The molecule has 0 saturated heterocycles. The van der Waals surface area contributed by atoms with Crippen LogP contribution in [0.4, 0.5) is 11.4 Å². The van der Waals surface area contributed by atoms with Gasteiger partial charge in [0.2, 0.25) is 0 Å². The number of amides is 1. The summed E-state index contributed by atoms with van der Waals surface area (Å²) in [6.07, 6.45) is 6.24. The smallest absolute Gasteiger partial charge is 0.355 e. The number of rotatable bonds is 6. The minimum absolute atomic E-state index is 0.00992. The van der Waals surface area contributed by atoms with Crippen LogP contribution in [0.1, 0.15) is 10.4 Å². The zero-order valence-electron chi connectivity index (χ0n) is 17.8. The maximum atomic E-state index is 13.2. The number of nitrogens with one attached hydrogen (secondary N) is 1. The van der Waals surface area contributed by atoms with Gasteiger partial charge in [-0.2, -0.15) is 0 Å². The van der Waals surface area contributed by atoms with E-state index in [0.717, 1.165) is 0 Å². The van der Waals surface area contributed by atoms with E-state index < -0.39 is 17.8 Å². The Balaban J connectivity index is 2.10. The molecule has 1 aliphatic rings. The number of benzene rings is 2. The van der Waals surface area contributed by atoms with E-state index in [-0.39, 0.29) is 16.8 Å². The summed E-state index contributed by atoms with van der Waals surface area (Å²) in [4.78, 5) is 39.7. The van der Waals surface area contributed by atoms with Gasteiger partial charge in [0.15, 0.2) is 0 Å². The topological polar surface area (TPSA) is 94.2 Å². The maximum Gasteiger partial charge on any atom is 0.355 e. The fourth-order valence-electron chi connectivity index (χ4n) is 3.16. The molecule has 0 bridgehead atoms. The zero-order valence-corrected chi connectivity index (χ0v) is 17.8. The van der Waals surface area contributed by atoms with Gasteiger partial charge < -0.3 is 24.4 Å². The monoisotopic (exact) mass is 434 g/mol. The Morgan fingerprint density at radius 1 is 0.844 bits per heavy atom. The molecule has 1 amide bonds. The summed E-state index contributed by atoms with van der Waals surface area (Å²) in [5, 5.41) is 2.82. The first-order valence-corrected chi connectivity index (χ1v) is 9.60. The lowest BCUT2D eigenvalue weighted by Gasteiger charge is -2.25. The number of allylic oxidation sites excluding steroid dienone is 2. The fourth-order valence-corrected chi connectivity index (χ4v) is 3.16. The molecule has 2 aromatic rings. The number of methoxy groups -OCH3 is 3. The molecule has 1 aliphatic heterocycles. The van der Waals surface area contributed by atoms with E-state index in [1.54, 1.807) is 66.9 Å². The number of carbonyl (C=O) groups excluding carboxylic acids is 3. The zero-order chi connectivity index (χ0) is 23.1. The average Bonchev–Trinajstić information content (AvgIpc) is 3.06. The van der Waals surface area contributed by atoms with Gasteiger partial charge >= 0.3 is 11.9 Å². The summed E-state index contributed by atoms with van der Waals surface area (Å²) in [5.41, 5.74) is 1.02. The molecule has 0 spiro atoms. The van der Waals surface area contributed by atoms with Crippen molar-refractivity contribution >= 4 is 29.2 Å². The number of para-hydroxylation sites is 3. The number of esters is 2. The van der Waals surface area contributed by atoms with Gasteiger partial charge in [-0.25, -0.2) is 9.59 Å². The minimum atomic E-state index is -0.762. The summed E-state index contributed by atoms with van der Waals surface area (Å²) >= 11 is 0. The molecule has 164 valence electrons. The second-order valence-corrected chi connectivity index (χ2v) is 6.49. The Labute approximate surface area is 185 Å². The molecule has 8 heteroatoms. The highest BCUT2D eigenvalue weighted by Gasteiger charge is 2.29. The Morgan fingerprint density at radius 3 is 2.25 bits per heavy atom. The van der Waals surface area contributed by atoms with Crippen LogP contribution in [0.5, 0.6) is 5.75 Å². The van der Waals surface area contributed by atoms with Crippen LogP contribution in [0.3, 0.4) is 0 Å². The molecule has 8 nitrogen and oxygen atoms in total. The summed E-state index contributed by atoms with van der Waals surface area (Å²) in [5.74, 6) is -1.41. The number of hydrogen-bond acceptors (Lipinski definition) is 7. The molecule has 0 aliphatic carbocycles. The van der Waals surface area contributed by atoms with Crippen molar-refractivity contribution in [3.05, 3.63) is 89.8 Å². The Bertz CT molecular complexity index is 1130. The van der Waals surface area contributed by atoms with E-state index >= 15 is 0 Å². The molecule has 0 aromatic heterocycles. The van der Waals surface area contributed by atoms with E-state index in [1.807, 2.05) is 0 Å². The lowest BCUT2D eigenvalue weighted by Crippen LogP contribution is -2.28. The van der Waals surface area contributed by atoms with E-state index in [2.05, 4.69) is 5.32 Å². The number of nitrogens with zero attached hydrogens (tertiary/aromatic N) is 1. The van der Waals surface area contributed by atoms with Gasteiger partial charge in [0.25, 0.3) is 5.91 Å². The van der Waals surface area contributed by atoms with Crippen LogP contribution in [-0.2, 0) is 19.1 Å². The summed E-state index contributed by atoms with van der Waals surface area (Å²) in [6, 6.07) is 13.7. The minimum Gasteiger partial charge on any atom is -0.495 e. The van der Waals surface area contributed by atoms with E-state index in [4.69, 9.17) is 14.2 Å². The maximum absolute atomic E-state index is 13.2. The van der Waals surface area contributed by atoms with Crippen molar-refractivity contribution in [3.8, 4) is 5.75 Å². The molecule has 0 fully saturated rings. The molecular weight excluding hydrogens is 412 g/mol. The Morgan fingerprint density at radius 2 is 1.53 bits per heavy atom. The lowest BCUT2D eigenvalue weighted by atomic mass is 10.1. The first-order valence-electron chi connectivity index (χ1n) is 9.60. The second-order valence-electron chi connectivity index (χ2n) is 6.49. The van der Waals surface area contributed by atoms with Crippen LogP contribution in [0.25, 0.3) is 0 Å². The van der Waals surface area contributed by atoms with Gasteiger partial charge in [0.1, 0.15) is 11.4 Å². The first-order chi connectivity index (χ1) is 15.5. The normalized spacial score (nSPS) is 12.8. The third-order valence-electron chi connectivity index (χ3n) is 4.65. The number of anilines is 2. The second kappa shape index (κ2) is 10.1. The molecule has 0 atom stereocenters. The Hall–Kier alpha value is -4.33. The van der Waals surface area contributed by atoms with Gasteiger partial charge in [-0.1, -0.05) is 30.3 Å². The predicted molar refractivity (Wildman–Crippen MR) is 119 cm³/mol. The van der Waals surface area contributed by atoms with Crippen LogP contribution < -0.4 is 15.0 Å². The lowest BCUT2D eigenvalue weighted by molar-refractivity contribution is -0.139. The molecule has 0 saturated carbocycles. The molecule has 1 N–H and O–H groups in total. The summed E-state index contributed by atoms with van der Waals surface area (Å²) in [7, 11) is 3.94. The fraction of sp³-hybridized carbons (Fsp3) is 0.125. The molecule has 32 heavy (non-hydrogen) atoms. The third kappa shape index (κ3) is 4.54. The highest BCUT2D eigenvalue weighted by molar-refractivity contribution is 6.11. The van der Waals surface area contributed by atoms with Crippen molar-refractivity contribution in [2.45, 2.75) is 0 Å². The van der Waals surface area contributed by atoms with Crippen LogP contribution >= 0.6 is 0 Å². The van der Waals surface area contributed by atoms with Crippen molar-refractivity contribution in [2.24, 2.45) is 0 Å². The quantitative estimate of drug-likeness (QED) is 0.696. The van der Waals surface area contributed by atoms with Gasteiger partial charge in [0.05, 0.1) is 43.8 Å². The van der Waals surface area contributed by atoms with Crippen LogP contribution in [0.15, 0.2) is 84.2 Å². The SMILES string of the molecule is COC(=O)C1=C(C(=O)OC)N(c2ccccc2C(=O)Nc2ccccc2OC)C=CC=C1. The van der Waals surface area contributed by atoms with Crippen molar-refractivity contribution in [1.82, 2.24) is 0 Å². The largest absolute Gasteiger partial charge is 0.495 e. The van der Waals surface area contributed by atoms with E-state index in [0.29, 0.717) is 17.1 Å². The summed E-state index contributed by atoms with van der Waals surface area (Å²) in [6.45, 7) is 0. The Kier molecular flexibility index (Phi) is 7.07. The van der Waals surface area contributed by atoms with Crippen molar-refractivity contribution in [2.75, 3.05) is 31.5 Å².